The summed E-state index contributed by atoms with van der Waals surface area (Å²) in [5.41, 5.74) is 0. The number of ether oxygens (including phenoxy) is 4. The lowest BCUT2D eigenvalue weighted by Crippen LogP contribution is -2.30. The summed E-state index contributed by atoms with van der Waals surface area (Å²) in [4.78, 5) is 73.0. The average molecular weight is 1470 g/mol. The molecule has 100 heavy (non-hydrogen) atoms. The van der Waals surface area contributed by atoms with Crippen LogP contribution in [0.2, 0.25) is 0 Å². The highest BCUT2D eigenvalue weighted by molar-refractivity contribution is 7.47. The molecule has 0 aliphatic heterocycles. The molecule has 0 aromatic heterocycles. The van der Waals surface area contributed by atoms with Crippen LogP contribution in [-0.4, -0.2) is 96.7 Å². The Morgan fingerprint density at radius 2 is 0.510 bits per heavy atom. The van der Waals surface area contributed by atoms with Gasteiger partial charge in [-0.05, 0) is 43.4 Å². The van der Waals surface area contributed by atoms with Gasteiger partial charge in [0.2, 0.25) is 0 Å². The smallest absolute Gasteiger partial charge is 0.462 e. The first-order chi connectivity index (χ1) is 48.3. The maximum Gasteiger partial charge on any atom is 0.472 e. The van der Waals surface area contributed by atoms with Crippen molar-refractivity contribution in [1.29, 1.82) is 0 Å². The Morgan fingerprint density at radius 1 is 0.290 bits per heavy atom. The van der Waals surface area contributed by atoms with E-state index >= 15 is 0 Å². The Kier molecular flexibility index (Phi) is 69.9. The normalized spacial score (nSPS) is 14.2. The molecule has 19 heteroatoms. The monoisotopic (exact) mass is 1470 g/mol. The predicted octanol–water partition coefficient (Wildman–Crippen LogP) is 24.1. The number of hydrogen-bond acceptors (Lipinski definition) is 15. The summed E-state index contributed by atoms with van der Waals surface area (Å²) < 4.78 is 68.7. The van der Waals surface area contributed by atoms with Gasteiger partial charge in [0.1, 0.15) is 19.3 Å². The maximum absolute atomic E-state index is 13.1. The molecular formula is C81H158O17P2. The van der Waals surface area contributed by atoms with Crippen molar-refractivity contribution < 1.29 is 80.2 Å². The van der Waals surface area contributed by atoms with E-state index < -0.39 is 97.5 Å². The van der Waals surface area contributed by atoms with Gasteiger partial charge in [0.05, 0.1) is 26.4 Å². The van der Waals surface area contributed by atoms with Gasteiger partial charge in [-0.1, -0.05) is 370 Å². The van der Waals surface area contributed by atoms with E-state index in [9.17, 15) is 43.2 Å². The summed E-state index contributed by atoms with van der Waals surface area (Å²) in [7, 11) is -9.92. The molecule has 3 N–H and O–H groups in total. The first kappa shape index (κ1) is 98.1. The molecule has 0 rings (SSSR count). The third kappa shape index (κ3) is 73.0. The lowest BCUT2D eigenvalue weighted by Gasteiger charge is -2.21. The van der Waals surface area contributed by atoms with Crippen molar-refractivity contribution in [3.8, 4) is 0 Å². The summed E-state index contributed by atoms with van der Waals surface area (Å²) in [5, 5.41) is 10.6. The molecule has 3 unspecified atom stereocenters. The first-order valence-electron chi connectivity index (χ1n) is 41.9. The van der Waals surface area contributed by atoms with E-state index in [2.05, 4.69) is 48.5 Å². The fraction of sp³-hybridized carbons (Fsp3) is 0.951. The van der Waals surface area contributed by atoms with Gasteiger partial charge in [0, 0.05) is 25.7 Å². The minimum absolute atomic E-state index is 0.107. The van der Waals surface area contributed by atoms with Crippen molar-refractivity contribution >= 4 is 39.5 Å². The standard InChI is InChI=1S/C81H158O17P2/c1-8-10-11-12-13-14-34-41-48-55-62-78(83)91-68-76(98-81(86)65-58-51-44-37-30-24-26-32-39-46-53-60-73(5)6)70-95-99(87,88)93-66-75(82)67-94-100(89,90)96-71-77(97-80(85)64-57-50-43-36-29-23-17-15-16-20-25-31-38-45-52-59-72(3)4)69-92-79(84)63-56-49-42-35-28-22-19-18-21-27-33-40-47-54-61-74(7)9-2/h72-77,82H,8-71H2,1-7H3,(H,87,88)(H,89,90)/t74?,75-,76+,77+/m0/s1. The van der Waals surface area contributed by atoms with E-state index in [0.717, 1.165) is 108 Å². The zero-order valence-electron chi connectivity index (χ0n) is 65.7. The van der Waals surface area contributed by atoms with Gasteiger partial charge < -0.3 is 33.8 Å². The van der Waals surface area contributed by atoms with Crippen LogP contribution in [0.3, 0.4) is 0 Å². The molecule has 0 aliphatic carbocycles. The number of carbonyl (C=O) groups is 4. The molecule has 0 aliphatic rings. The van der Waals surface area contributed by atoms with Gasteiger partial charge in [0.15, 0.2) is 12.2 Å². The van der Waals surface area contributed by atoms with Crippen LogP contribution in [0.25, 0.3) is 0 Å². The molecule has 0 bridgehead atoms. The number of carbonyl (C=O) groups excluding carboxylic acids is 4. The van der Waals surface area contributed by atoms with Crippen molar-refractivity contribution in [1.82, 2.24) is 0 Å². The van der Waals surface area contributed by atoms with Gasteiger partial charge in [-0.3, -0.25) is 37.3 Å². The van der Waals surface area contributed by atoms with Gasteiger partial charge in [-0.25, -0.2) is 9.13 Å². The molecule has 0 spiro atoms. The number of phosphoric acid groups is 2. The van der Waals surface area contributed by atoms with Crippen molar-refractivity contribution in [2.24, 2.45) is 17.8 Å². The van der Waals surface area contributed by atoms with Crippen molar-refractivity contribution in [2.45, 2.75) is 439 Å². The molecular weight excluding hydrogens is 1310 g/mol. The highest BCUT2D eigenvalue weighted by Crippen LogP contribution is 2.45. The van der Waals surface area contributed by atoms with Gasteiger partial charge in [0.25, 0.3) is 0 Å². The van der Waals surface area contributed by atoms with Crippen molar-refractivity contribution in [3.05, 3.63) is 0 Å². The summed E-state index contributed by atoms with van der Waals surface area (Å²) in [5.74, 6) is 0.308. The van der Waals surface area contributed by atoms with E-state index in [1.807, 2.05) is 0 Å². The fourth-order valence-electron chi connectivity index (χ4n) is 12.5. The quantitative estimate of drug-likeness (QED) is 0.0222. The van der Waals surface area contributed by atoms with Crippen LogP contribution < -0.4 is 0 Å². The van der Waals surface area contributed by atoms with Crippen LogP contribution in [-0.2, 0) is 65.4 Å². The molecule has 6 atom stereocenters. The second-order valence-electron chi connectivity index (χ2n) is 30.4. The predicted molar refractivity (Wildman–Crippen MR) is 409 cm³/mol. The average Bonchev–Trinajstić information content (AvgIpc) is 0.980. The largest absolute Gasteiger partial charge is 0.472 e. The molecule has 0 fully saturated rings. The summed E-state index contributed by atoms with van der Waals surface area (Å²) in [6.07, 6.45) is 59.5. The lowest BCUT2D eigenvalue weighted by molar-refractivity contribution is -0.161. The van der Waals surface area contributed by atoms with Crippen molar-refractivity contribution in [3.63, 3.8) is 0 Å². The maximum atomic E-state index is 13.1. The Hall–Kier alpha value is -1.94. The number of hydrogen-bond donors (Lipinski definition) is 3. The second-order valence-corrected chi connectivity index (χ2v) is 33.3. The third-order valence-electron chi connectivity index (χ3n) is 19.2. The molecule has 0 heterocycles. The molecule has 594 valence electrons. The number of rotatable bonds is 79. The zero-order valence-corrected chi connectivity index (χ0v) is 67.5. The molecule has 17 nitrogen and oxygen atoms in total. The van der Waals surface area contributed by atoms with Crippen molar-refractivity contribution in [2.75, 3.05) is 39.6 Å². The Labute approximate surface area is 613 Å². The molecule has 0 saturated heterocycles. The Bertz CT molecular complexity index is 1940. The molecule has 0 aromatic rings. The third-order valence-corrected chi connectivity index (χ3v) is 21.1. The van der Waals surface area contributed by atoms with Gasteiger partial charge in [-0.15, -0.1) is 0 Å². The topological polar surface area (TPSA) is 237 Å². The van der Waals surface area contributed by atoms with Crippen LogP contribution in [0.1, 0.15) is 421 Å². The number of aliphatic hydroxyl groups is 1. The summed E-state index contributed by atoms with van der Waals surface area (Å²) in [6.45, 7) is 12.0. The highest BCUT2D eigenvalue weighted by atomic mass is 31.2. The number of esters is 4. The molecule has 0 aromatic carbocycles. The van der Waals surface area contributed by atoms with E-state index in [0.29, 0.717) is 25.7 Å². The fourth-order valence-corrected chi connectivity index (χ4v) is 14.0. The first-order valence-corrected chi connectivity index (χ1v) is 44.9. The molecule has 0 amide bonds. The van der Waals surface area contributed by atoms with Crippen LogP contribution in [0.15, 0.2) is 0 Å². The second kappa shape index (κ2) is 71.3. The molecule has 0 radical (unpaired) electrons. The van der Waals surface area contributed by atoms with Gasteiger partial charge >= 0.3 is 39.5 Å². The summed E-state index contributed by atoms with van der Waals surface area (Å²) >= 11 is 0. The van der Waals surface area contributed by atoms with Gasteiger partial charge in [-0.2, -0.15) is 0 Å². The minimum atomic E-state index is -4.96. The van der Waals surface area contributed by atoms with E-state index in [1.165, 1.54) is 231 Å². The van der Waals surface area contributed by atoms with E-state index in [1.54, 1.807) is 0 Å². The van der Waals surface area contributed by atoms with Crippen LogP contribution in [0, 0.1) is 17.8 Å². The van der Waals surface area contributed by atoms with Crippen LogP contribution >= 0.6 is 15.6 Å². The molecule has 0 saturated carbocycles. The van der Waals surface area contributed by atoms with E-state index in [-0.39, 0.29) is 25.7 Å². The van der Waals surface area contributed by atoms with E-state index in [4.69, 9.17) is 37.0 Å². The SMILES string of the molecule is CCCCCCCCCCCCC(=O)OC[C@H](COP(=O)(O)OC[C@H](O)COP(=O)(O)OC[C@@H](COC(=O)CCCCCCCCCCCCCCCCC(C)CC)OC(=O)CCCCCCCCCCCCCCCCCC(C)C)OC(=O)CCCCCCCCCCCCCC(C)C. The lowest BCUT2D eigenvalue weighted by atomic mass is 9.99. The zero-order chi connectivity index (χ0) is 73.7. The highest BCUT2D eigenvalue weighted by Gasteiger charge is 2.30. The minimum Gasteiger partial charge on any atom is -0.462 e. The Morgan fingerprint density at radius 3 is 0.760 bits per heavy atom. The van der Waals surface area contributed by atoms with Crippen LogP contribution in [0.4, 0.5) is 0 Å². The number of aliphatic hydroxyl groups excluding tert-OH is 1. The number of phosphoric ester groups is 2. The number of unbranched alkanes of at least 4 members (excludes halogenated alkanes) is 46. The Balaban J connectivity index is 5.24. The van der Waals surface area contributed by atoms with Crippen LogP contribution in [0.5, 0.6) is 0 Å². The summed E-state index contributed by atoms with van der Waals surface area (Å²) in [6, 6.07) is 0.